The van der Waals surface area contributed by atoms with Gasteiger partial charge in [-0.25, -0.2) is 0 Å². The molecule has 2 fully saturated rings. The maximum atomic E-state index is 13.1. The monoisotopic (exact) mass is 388 g/mol. The fourth-order valence-electron chi connectivity index (χ4n) is 4.14. The van der Waals surface area contributed by atoms with Gasteiger partial charge in [-0.1, -0.05) is 25.3 Å². The molecule has 2 heterocycles. The molecule has 6 nitrogen and oxygen atoms in total. The van der Waals surface area contributed by atoms with E-state index in [1.165, 1.54) is 6.42 Å². The Hall–Kier alpha value is -2.08. The van der Waals surface area contributed by atoms with Crippen LogP contribution < -0.4 is 0 Å². The Morgan fingerprint density at radius 3 is 2.61 bits per heavy atom. The van der Waals surface area contributed by atoms with Gasteiger partial charge in [-0.3, -0.25) is 9.59 Å². The molecule has 1 saturated heterocycles. The lowest BCUT2D eigenvalue weighted by Crippen LogP contribution is -2.46. The van der Waals surface area contributed by atoms with Crippen LogP contribution in [0.15, 0.2) is 35.5 Å². The molecule has 1 aromatic heterocycles. The van der Waals surface area contributed by atoms with E-state index in [9.17, 15) is 9.59 Å². The number of rotatable bonds is 9. The van der Waals surface area contributed by atoms with E-state index in [1.807, 2.05) is 12.1 Å². The van der Waals surface area contributed by atoms with Crippen LogP contribution in [0, 0.1) is 5.92 Å². The summed E-state index contributed by atoms with van der Waals surface area (Å²) in [6, 6.07) is 3.69. The van der Waals surface area contributed by atoms with Gasteiger partial charge in [0.05, 0.1) is 18.9 Å². The lowest BCUT2D eigenvalue weighted by atomic mass is 9.88. The van der Waals surface area contributed by atoms with E-state index in [0.29, 0.717) is 19.6 Å². The normalized spacial score (nSPS) is 20.1. The summed E-state index contributed by atoms with van der Waals surface area (Å²) in [5, 5.41) is 0. The summed E-state index contributed by atoms with van der Waals surface area (Å²) >= 11 is 0. The second kappa shape index (κ2) is 10.5. The van der Waals surface area contributed by atoms with E-state index in [0.717, 1.165) is 50.9 Å². The molecule has 0 radical (unpaired) electrons. The predicted octanol–water partition coefficient (Wildman–Crippen LogP) is 3.38. The lowest BCUT2D eigenvalue weighted by molar-refractivity contribution is -0.144. The molecular weight excluding hydrogens is 356 g/mol. The third-order valence-corrected chi connectivity index (χ3v) is 5.67. The second-order valence-corrected chi connectivity index (χ2v) is 7.83. The van der Waals surface area contributed by atoms with Gasteiger partial charge < -0.3 is 19.0 Å². The topological polar surface area (TPSA) is 63.0 Å². The smallest absolute Gasteiger partial charge is 0.242 e. The molecule has 28 heavy (non-hydrogen) atoms. The van der Waals surface area contributed by atoms with Crippen LogP contribution >= 0.6 is 0 Å². The maximum Gasteiger partial charge on any atom is 0.242 e. The number of hydrogen-bond acceptors (Lipinski definition) is 4. The number of ether oxygens (including phenoxy) is 1. The van der Waals surface area contributed by atoms with Crippen molar-refractivity contribution in [2.75, 3.05) is 26.2 Å². The molecule has 1 saturated carbocycles. The number of nitrogens with zero attached hydrogens (tertiary/aromatic N) is 2. The van der Waals surface area contributed by atoms with Crippen LogP contribution in [0.3, 0.4) is 0 Å². The summed E-state index contributed by atoms with van der Waals surface area (Å²) < 4.78 is 11.2. The summed E-state index contributed by atoms with van der Waals surface area (Å²) in [4.78, 5) is 29.5. The summed E-state index contributed by atoms with van der Waals surface area (Å²) in [5.41, 5.74) is 0. The molecule has 0 bridgehead atoms. The third kappa shape index (κ3) is 5.71. The van der Waals surface area contributed by atoms with Gasteiger partial charge in [0.2, 0.25) is 11.8 Å². The van der Waals surface area contributed by atoms with Crippen molar-refractivity contribution in [1.29, 1.82) is 0 Å². The standard InChI is InChI=1S/C22H32N2O4/c1-2-12-23(22(26)18-8-4-3-5-9-18)17-21(25)24(15-19-10-6-13-27-19)16-20-11-7-14-28-20/h2,6,10,13,18,20H,1,3-5,7-9,11-12,14-17H2. The average molecular weight is 389 g/mol. The predicted molar refractivity (Wildman–Crippen MR) is 106 cm³/mol. The molecule has 0 spiro atoms. The van der Waals surface area contributed by atoms with Gasteiger partial charge in [-0.05, 0) is 37.8 Å². The van der Waals surface area contributed by atoms with E-state index in [1.54, 1.807) is 22.1 Å². The van der Waals surface area contributed by atoms with Gasteiger partial charge >= 0.3 is 0 Å². The van der Waals surface area contributed by atoms with Crippen molar-refractivity contribution in [3.63, 3.8) is 0 Å². The van der Waals surface area contributed by atoms with Crippen molar-refractivity contribution in [2.24, 2.45) is 5.92 Å². The first-order valence-corrected chi connectivity index (χ1v) is 10.5. The lowest BCUT2D eigenvalue weighted by Gasteiger charge is -2.31. The van der Waals surface area contributed by atoms with Crippen LogP contribution in [0.2, 0.25) is 0 Å². The Morgan fingerprint density at radius 2 is 1.96 bits per heavy atom. The van der Waals surface area contributed by atoms with Crippen molar-refractivity contribution in [1.82, 2.24) is 9.80 Å². The molecule has 1 atom stereocenters. The van der Waals surface area contributed by atoms with Crippen LogP contribution in [0.4, 0.5) is 0 Å². The van der Waals surface area contributed by atoms with Gasteiger partial charge in [0.25, 0.3) is 0 Å². The van der Waals surface area contributed by atoms with E-state index in [2.05, 4.69) is 6.58 Å². The molecule has 1 aromatic rings. The minimum atomic E-state index is -0.0714. The molecule has 0 aromatic carbocycles. The summed E-state index contributed by atoms with van der Waals surface area (Å²) in [6.45, 7) is 5.91. The molecular formula is C22H32N2O4. The number of amides is 2. The minimum absolute atomic E-state index is 0.0400. The Morgan fingerprint density at radius 1 is 1.14 bits per heavy atom. The molecule has 0 N–H and O–H groups in total. The Kier molecular flexibility index (Phi) is 7.71. The number of hydrogen-bond donors (Lipinski definition) is 0. The van der Waals surface area contributed by atoms with Gasteiger partial charge in [0.1, 0.15) is 12.3 Å². The zero-order valence-corrected chi connectivity index (χ0v) is 16.7. The van der Waals surface area contributed by atoms with Crippen molar-refractivity contribution in [3.8, 4) is 0 Å². The van der Waals surface area contributed by atoms with Crippen molar-refractivity contribution >= 4 is 11.8 Å². The molecule has 6 heteroatoms. The van der Waals surface area contributed by atoms with Gasteiger partial charge in [-0.15, -0.1) is 6.58 Å². The molecule has 2 amide bonds. The highest BCUT2D eigenvalue weighted by Gasteiger charge is 2.29. The summed E-state index contributed by atoms with van der Waals surface area (Å²) in [7, 11) is 0. The Bertz CT molecular complexity index is 631. The first-order chi connectivity index (χ1) is 13.7. The third-order valence-electron chi connectivity index (χ3n) is 5.67. The molecule has 1 unspecified atom stereocenters. The average Bonchev–Trinajstić information content (AvgIpc) is 3.41. The minimum Gasteiger partial charge on any atom is -0.467 e. The Labute approximate surface area is 167 Å². The first-order valence-electron chi connectivity index (χ1n) is 10.5. The highest BCUT2D eigenvalue weighted by molar-refractivity contribution is 5.86. The molecule has 1 aliphatic carbocycles. The number of furan rings is 1. The zero-order valence-electron chi connectivity index (χ0n) is 16.7. The summed E-state index contributed by atoms with van der Waals surface area (Å²) in [6.07, 6.45) is 10.6. The van der Waals surface area contributed by atoms with Crippen LogP contribution in [-0.2, 0) is 20.9 Å². The first kappa shape index (κ1) is 20.6. The second-order valence-electron chi connectivity index (χ2n) is 7.83. The fraction of sp³-hybridized carbons (Fsp3) is 0.636. The SMILES string of the molecule is C=CCN(CC(=O)N(Cc1ccco1)CC1CCCO1)C(=O)C1CCCCC1. The van der Waals surface area contributed by atoms with Crippen molar-refractivity contribution in [2.45, 2.75) is 57.6 Å². The van der Waals surface area contributed by atoms with Gasteiger partial charge in [-0.2, -0.15) is 0 Å². The number of carbonyl (C=O) groups excluding carboxylic acids is 2. The van der Waals surface area contributed by atoms with Crippen LogP contribution in [0.5, 0.6) is 0 Å². The van der Waals surface area contributed by atoms with Gasteiger partial charge in [0.15, 0.2) is 0 Å². The highest BCUT2D eigenvalue weighted by Crippen LogP contribution is 2.25. The molecule has 154 valence electrons. The quantitative estimate of drug-likeness (QED) is 0.609. The Balaban J connectivity index is 1.65. The largest absolute Gasteiger partial charge is 0.467 e. The zero-order chi connectivity index (χ0) is 19.8. The van der Waals surface area contributed by atoms with Gasteiger partial charge in [0, 0.05) is 25.6 Å². The van der Waals surface area contributed by atoms with Crippen LogP contribution in [-0.4, -0.2) is 54.0 Å². The van der Waals surface area contributed by atoms with E-state index >= 15 is 0 Å². The summed E-state index contributed by atoms with van der Waals surface area (Å²) in [5.74, 6) is 0.791. The maximum absolute atomic E-state index is 13.1. The van der Waals surface area contributed by atoms with Crippen LogP contribution in [0.25, 0.3) is 0 Å². The van der Waals surface area contributed by atoms with E-state index in [-0.39, 0.29) is 30.4 Å². The molecule has 2 aliphatic rings. The van der Waals surface area contributed by atoms with Crippen LogP contribution in [0.1, 0.15) is 50.7 Å². The van der Waals surface area contributed by atoms with Crippen molar-refractivity contribution < 1.29 is 18.7 Å². The van der Waals surface area contributed by atoms with E-state index < -0.39 is 0 Å². The molecule has 3 rings (SSSR count). The van der Waals surface area contributed by atoms with E-state index in [4.69, 9.17) is 9.15 Å². The highest BCUT2D eigenvalue weighted by atomic mass is 16.5. The molecule has 1 aliphatic heterocycles. The number of carbonyl (C=O) groups is 2. The van der Waals surface area contributed by atoms with Crippen molar-refractivity contribution in [3.05, 3.63) is 36.8 Å². The fourth-order valence-corrected chi connectivity index (χ4v) is 4.14.